The van der Waals surface area contributed by atoms with Gasteiger partial charge in [-0.25, -0.2) is 0 Å². The van der Waals surface area contributed by atoms with Gasteiger partial charge in [0.25, 0.3) is 0 Å². The Morgan fingerprint density at radius 1 is 0.864 bits per heavy atom. The van der Waals surface area contributed by atoms with Gasteiger partial charge in [0.05, 0.1) is 0 Å². The van der Waals surface area contributed by atoms with Gasteiger partial charge in [0.15, 0.2) is 0 Å². The van der Waals surface area contributed by atoms with Crippen molar-refractivity contribution in [1.29, 1.82) is 0 Å². The largest absolute Gasteiger partial charge is 0.340 e. The van der Waals surface area contributed by atoms with E-state index in [1.807, 2.05) is 0 Å². The minimum Gasteiger partial charge on any atom is -0.340 e. The minimum atomic E-state index is 0.417. The molecule has 0 aliphatic rings. The zero-order valence-electron chi connectivity index (χ0n) is 14.3. The molecule has 0 aliphatic carbocycles. The first-order valence-corrected chi connectivity index (χ1v) is 8.42. The lowest BCUT2D eigenvalue weighted by Gasteiger charge is -2.23. The van der Waals surface area contributed by atoms with E-state index in [0.717, 1.165) is 12.5 Å². The van der Waals surface area contributed by atoms with Crippen molar-refractivity contribution in [3.63, 3.8) is 0 Å². The monoisotopic (exact) mass is 293 g/mol. The van der Waals surface area contributed by atoms with Crippen molar-refractivity contribution in [2.45, 2.75) is 47.1 Å². The number of benzene rings is 2. The Hall–Kier alpha value is -1.76. The first-order chi connectivity index (χ1) is 10.5. The van der Waals surface area contributed by atoms with Gasteiger partial charge in [0.1, 0.15) is 0 Å². The van der Waals surface area contributed by atoms with Crippen LogP contribution in [0.4, 0.5) is 0 Å². The zero-order valence-corrected chi connectivity index (χ0v) is 14.3. The van der Waals surface area contributed by atoms with Crippen LogP contribution in [0.5, 0.6) is 0 Å². The normalized spacial score (nSPS) is 13.8. The third-order valence-electron chi connectivity index (χ3n) is 4.49. The maximum absolute atomic E-state index is 2.50. The Morgan fingerprint density at radius 3 is 1.86 bits per heavy atom. The lowest BCUT2D eigenvalue weighted by atomic mass is 9.84. The summed E-state index contributed by atoms with van der Waals surface area (Å²) in [4.78, 5) is 0. The highest BCUT2D eigenvalue weighted by Gasteiger charge is 2.16. The van der Waals surface area contributed by atoms with E-state index in [-0.39, 0.29) is 0 Å². The van der Waals surface area contributed by atoms with E-state index in [4.69, 9.17) is 0 Å². The summed E-state index contributed by atoms with van der Waals surface area (Å²) in [7, 11) is 0. The number of nitrogens with zero attached hydrogens (tertiary/aromatic N) is 1. The summed E-state index contributed by atoms with van der Waals surface area (Å²) in [6, 6.07) is 17.6. The SMILES string of the molecule is CC(CCn1c2ccccc2c2ccccc21)CC(C)(C)C. The fourth-order valence-electron chi connectivity index (χ4n) is 3.74. The molecule has 1 aromatic heterocycles. The molecule has 0 N–H and O–H groups in total. The molecule has 3 aromatic rings. The second-order valence-electron chi connectivity index (χ2n) is 7.84. The molecular formula is C21H27N. The van der Waals surface area contributed by atoms with Crippen molar-refractivity contribution in [2.75, 3.05) is 0 Å². The van der Waals surface area contributed by atoms with E-state index in [1.54, 1.807) is 0 Å². The number of aromatic nitrogens is 1. The van der Waals surface area contributed by atoms with E-state index >= 15 is 0 Å². The highest BCUT2D eigenvalue weighted by molar-refractivity contribution is 6.07. The van der Waals surface area contributed by atoms with Crippen LogP contribution in [0, 0.1) is 11.3 Å². The Morgan fingerprint density at radius 2 is 1.36 bits per heavy atom. The molecule has 0 amide bonds. The van der Waals surface area contributed by atoms with Gasteiger partial charge in [-0.3, -0.25) is 0 Å². The van der Waals surface area contributed by atoms with Crippen molar-refractivity contribution >= 4 is 21.8 Å². The summed E-state index contributed by atoms with van der Waals surface area (Å²) < 4.78 is 2.50. The molecule has 0 aliphatic heterocycles. The smallest absolute Gasteiger partial charge is 0.0491 e. The molecule has 0 bridgehead atoms. The molecule has 3 rings (SSSR count). The number of para-hydroxylation sites is 2. The van der Waals surface area contributed by atoms with Gasteiger partial charge in [0, 0.05) is 28.4 Å². The molecule has 1 nitrogen and oxygen atoms in total. The van der Waals surface area contributed by atoms with Gasteiger partial charge in [-0.15, -0.1) is 0 Å². The molecule has 1 atom stereocenters. The number of aryl methyl sites for hydroxylation is 1. The summed E-state index contributed by atoms with van der Waals surface area (Å²) in [5.74, 6) is 0.750. The van der Waals surface area contributed by atoms with Gasteiger partial charge in [-0.1, -0.05) is 64.1 Å². The predicted molar refractivity (Wildman–Crippen MR) is 97.3 cm³/mol. The summed E-state index contributed by atoms with van der Waals surface area (Å²) in [6.45, 7) is 10.5. The van der Waals surface area contributed by atoms with Crippen LogP contribution in [-0.2, 0) is 6.54 Å². The molecule has 0 spiro atoms. The van der Waals surface area contributed by atoms with Crippen LogP contribution in [0.1, 0.15) is 40.5 Å². The van der Waals surface area contributed by atoms with Gasteiger partial charge in [-0.05, 0) is 36.3 Å². The Balaban J connectivity index is 1.92. The standard InChI is InChI=1S/C21H27N/c1-16(15-21(2,3)4)13-14-22-19-11-7-5-9-17(19)18-10-6-8-12-20(18)22/h5-12,16H,13-15H2,1-4H3. The van der Waals surface area contributed by atoms with Crippen molar-refractivity contribution in [3.05, 3.63) is 48.5 Å². The van der Waals surface area contributed by atoms with E-state index < -0.39 is 0 Å². The van der Waals surface area contributed by atoms with Crippen molar-refractivity contribution in [3.8, 4) is 0 Å². The second kappa shape index (κ2) is 5.79. The maximum Gasteiger partial charge on any atom is 0.0491 e. The van der Waals surface area contributed by atoms with Gasteiger partial charge in [-0.2, -0.15) is 0 Å². The molecule has 0 fully saturated rings. The van der Waals surface area contributed by atoms with Crippen molar-refractivity contribution in [2.24, 2.45) is 11.3 Å². The van der Waals surface area contributed by atoms with Crippen molar-refractivity contribution in [1.82, 2.24) is 4.57 Å². The second-order valence-corrected chi connectivity index (χ2v) is 7.84. The molecule has 0 radical (unpaired) electrons. The molecule has 0 saturated carbocycles. The molecule has 116 valence electrons. The lowest BCUT2D eigenvalue weighted by molar-refractivity contribution is 0.290. The third kappa shape index (κ3) is 3.04. The summed E-state index contributed by atoms with van der Waals surface area (Å²) in [5.41, 5.74) is 3.15. The van der Waals surface area contributed by atoms with Crippen LogP contribution in [-0.4, -0.2) is 4.57 Å². The molecule has 22 heavy (non-hydrogen) atoms. The van der Waals surface area contributed by atoms with Crippen LogP contribution in [0.25, 0.3) is 21.8 Å². The van der Waals surface area contributed by atoms with Gasteiger partial charge < -0.3 is 4.57 Å². The average molecular weight is 293 g/mol. The molecule has 1 unspecified atom stereocenters. The fraction of sp³-hybridized carbons (Fsp3) is 0.429. The van der Waals surface area contributed by atoms with Gasteiger partial charge in [0.2, 0.25) is 0 Å². The molecule has 1 heterocycles. The van der Waals surface area contributed by atoms with Gasteiger partial charge >= 0.3 is 0 Å². The highest BCUT2D eigenvalue weighted by Crippen LogP contribution is 2.31. The van der Waals surface area contributed by atoms with E-state index in [9.17, 15) is 0 Å². The van der Waals surface area contributed by atoms with Crippen LogP contribution in [0.15, 0.2) is 48.5 Å². The Labute approximate surface area is 133 Å². The summed E-state index contributed by atoms with van der Waals surface area (Å²) >= 11 is 0. The minimum absolute atomic E-state index is 0.417. The molecular weight excluding hydrogens is 266 g/mol. The zero-order chi connectivity index (χ0) is 15.7. The average Bonchev–Trinajstić information content (AvgIpc) is 2.78. The van der Waals surface area contributed by atoms with Crippen molar-refractivity contribution < 1.29 is 0 Å². The Bertz CT molecular complexity index is 720. The number of hydrogen-bond acceptors (Lipinski definition) is 0. The molecule has 0 saturated heterocycles. The Kier molecular flexibility index (Phi) is 3.99. The van der Waals surface area contributed by atoms with Crippen LogP contribution < -0.4 is 0 Å². The lowest BCUT2D eigenvalue weighted by Crippen LogP contribution is -2.13. The summed E-state index contributed by atoms with van der Waals surface area (Å²) in [6.07, 6.45) is 2.52. The fourth-order valence-corrected chi connectivity index (χ4v) is 3.74. The molecule has 2 aromatic carbocycles. The highest BCUT2D eigenvalue weighted by atomic mass is 15.0. The first-order valence-electron chi connectivity index (χ1n) is 8.42. The first kappa shape index (κ1) is 15.1. The van der Waals surface area contributed by atoms with E-state index in [0.29, 0.717) is 5.41 Å². The topological polar surface area (TPSA) is 4.93 Å². The van der Waals surface area contributed by atoms with E-state index in [1.165, 1.54) is 34.6 Å². The van der Waals surface area contributed by atoms with Crippen LogP contribution in [0.2, 0.25) is 0 Å². The van der Waals surface area contributed by atoms with E-state index in [2.05, 4.69) is 80.8 Å². The third-order valence-corrected chi connectivity index (χ3v) is 4.49. The maximum atomic E-state index is 2.50. The number of rotatable bonds is 4. The summed E-state index contributed by atoms with van der Waals surface area (Å²) in [5, 5.41) is 2.75. The predicted octanol–water partition coefficient (Wildman–Crippen LogP) is 6.26. The van der Waals surface area contributed by atoms with Crippen LogP contribution >= 0.6 is 0 Å². The number of fused-ring (bicyclic) bond motifs is 3. The molecule has 1 heteroatoms. The quantitative estimate of drug-likeness (QED) is 0.535. The van der Waals surface area contributed by atoms with Crippen LogP contribution in [0.3, 0.4) is 0 Å². The number of hydrogen-bond donors (Lipinski definition) is 0.